The summed E-state index contributed by atoms with van der Waals surface area (Å²) in [5, 5.41) is 33.3. The molecule has 102 valence electrons. The second kappa shape index (κ2) is 4.38. The van der Waals surface area contributed by atoms with Crippen LogP contribution in [-0.2, 0) is 4.74 Å². The minimum Gasteiger partial charge on any atom is -0.394 e. The summed E-state index contributed by atoms with van der Waals surface area (Å²) in [6, 6.07) is 0. The van der Waals surface area contributed by atoms with Gasteiger partial charge in [0.15, 0.2) is 11.9 Å². The van der Waals surface area contributed by atoms with E-state index < -0.39 is 31.1 Å². The first-order valence-corrected chi connectivity index (χ1v) is 5.69. The molecule has 1 fully saturated rings. The molecule has 0 aromatic carbocycles. The van der Waals surface area contributed by atoms with Crippen molar-refractivity contribution in [1.29, 1.82) is 0 Å². The fourth-order valence-electron chi connectivity index (χ4n) is 2.10. The number of hydrogen-bond acceptors (Lipinski definition) is 8. The molecule has 0 bridgehead atoms. The van der Waals surface area contributed by atoms with Crippen LogP contribution in [0.2, 0.25) is 0 Å². The molecule has 9 nitrogen and oxygen atoms in total. The Balaban J connectivity index is 1.99. The number of aliphatic hydroxyl groups is 3. The van der Waals surface area contributed by atoms with Gasteiger partial charge < -0.3 is 25.8 Å². The average Bonchev–Trinajstić information content (AvgIpc) is 2.94. The first kappa shape index (κ1) is 12.2. The van der Waals surface area contributed by atoms with Crippen LogP contribution in [0.25, 0.3) is 11.0 Å². The molecule has 0 saturated carbocycles. The van der Waals surface area contributed by atoms with Crippen molar-refractivity contribution in [2.24, 2.45) is 0 Å². The molecule has 1 aliphatic heterocycles. The largest absolute Gasteiger partial charge is 0.394 e. The van der Waals surface area contributed by atoms with Crippen LogP contribution < -0.4 is 5.73 Å². The molecule has 4 atom stereocenters. The van der Waals surface area contributed by atoms with Crippen molar-refractivity contribution in [1.82, 2.24) is 19.7 Å². The van der Waals surface area contributed by atoms with Crippen LogP contribution >= 0.6 is 0 Å². The van der Waals surface area contributed by atoms with Crippen molar-refractivity contribution < 1.29 is 20.1 Å². The summed E-state index contributed by atoms with van der Waals surface area (Å²) >= 11 is 0. The zero-order valence-corrected chi connectivity index (χ0v) is 9.79. The lowest BCUT2D eigenvalue weighted by Crippen LogP contribution is -2.33. The molecule has 0 amide bonds. The van der Waals surface area contributed by atoms with Crippen LogP contribution in [0.15, 0.2) is 12.5 Å². The number of aromatic nitrogens is 4. The van der Waals surface area contributed by atoms with Crippen LogP contribution in [0.3, 0.4) is 0 Å². The van der Waals surface area contributed by atoms with E-state index in [2.05, 4.69) is 15.1 Å². The molecule has 19 heavy (non-hydrogen) atoms. The maximum Gasteiger partial charge on any atom is 0.186 e. The zero-order valence-electron chi connectivity index (χ0n) is 9.79. The van der Waals surface area contributed by atoms with Crippen LogP contribution in [-0.4, -0.2) is 60.0 Å². The number of aliphatic hydroxyl groups excluding tert-OH is 3. The van der Waals surface area contributed by atoms with Crippen molar-refractivity contribution in [3.05, 3.63) is 12.5 Å². The highest BCUT2D eigenvalue weighted by molar-refractivity contribution is 5.84. The second-order valence-electron chi connectivity index (χ2n) is 4.33. The third-order valence-electron chi connectivity index (χ3n) is 3.14. The van der Waals surface area contributed by atoms with Gasteiger partial charge in [-0.15, -0.1) is 5.10 Å². The van der Waals surface area contributed by atoms with E-state index in [1.165, 1.54) is 17.2 Å². The van der Waals surface area contributed by atoms with Crippen molar-refractivity contribution in [2.75, 3.05) is 12.3 Å². The van der Waals surface area contributed by atoms with E-state index in [0.717, 1.165) is 0 Å². The SMILES string of the molecule is Nc1ncnc2nn([C@@H]3O[C@H](CO)[C@@H](O)[C@@H]3O)cc12. The van der Waals surface area contributed by atoms with Gasteiger partial charge in [0.25, 0.3) is 0 Å². The zero-order chi connectivity index (χ0) is 13.6. The third-order valence-corrected chi connectivity index (χ3v) is 3.14. The lowest BCUT2D eigenvalue weighted by Gasteiger charge is -2.14. The normalized spacial score (nSPS) is 31.1. The highest BCUT2D eigenvalue weighted by Gasteiger charge is 2.43. The van der Waals surface area contributed by atoms with Crippen LogP contribution in [0.5, 0.6) is 0 Å². The Morgan fingerprint density at radius 3 is 2.74 bits per heavy atom. The number of nitrogen functional groups attached to an aromatic ring is 1. The first-order chi connectivity index (χ1) is 9.11. The molecule has 1 saturated heterocycles. The van der Waals surface area contributed by atoms with Crippen molar-refractivity contribution in [3.8, 4) is 0 Å². The third kappa shape index (κ3) is 1.83. The standard InChI is InChI=1S/C10H13N5O4/c11-8-4-1-15(14-9(4)13-3-12-8)10-7(18)6(17)5(2-16)19-10/h1,3,5-7,10,16-18H,2H2,(H2,11,12,13,14)/t5-,6-,7+,10-/m1/s1. The van der Waals surface area contributed by atoms with Crippen molar-refractivity contribution in [3.63, 3.8) is 0 Å². The lowest BCUT2D eigenvalue weighted by atomic mass is 10.1. The Morgan fingerprint density at radius 1 is 1.32 bits per heavy atom. The van der Waals surface area contributed by atoms with E-state index in [0.29, 0.717) is 11.0 Å². The molecule has 5 N–H and O–H groups in total. The number of nitrogens with two attached hydrogens (primary N) is 1. The first-order valence-electron chi connectivity index (χ1n) is 5.69. The summed E-state index contributed by atoms with van der Waals surface area (Å²) in [6.07, 6.45) is -1.31. The molecule has 0 unspecified atom stereocenters. The Labute approximate surface area is 107 Å². The van der Waals surface area contributed by atoms with Crippen molar-refractivity contribution >= 4 is 16.9 Å². The fraction of sp³-hybridized carbons (Fsp3) is 0.500. The number of ether oxygens (including phenoxy) is 1. The highest BCUT2D eigenvalue weighted by Crippen LogP contribution is 2.30. The molecular weight excluding hydrogens is 254 g/mol. The number of anilines is 1. The van der Waals surface area contributed by atoms with E-state index in [1.54, 1.807) is 0 Å². The predicted octanol–water partition coefficient (Wildman–Crippen LogP) is -1.98. The van der Waals surface area contributed by atoms with E-state index >= 15 is 0 Å². The van der Waals surface area contributed by atoms with Gasteiger partial charge in [-0.25, -0.2) is 14.6 Å². The molecule has 0 radical (unpaired) electrons. The summed E-state index contributed by atoms with van der Waals surface area (Å²) in [4.78, 5) is 7.78. The van der Waals surface area contributed by atoms with E-state index in [9.17, 15) is 10.2 Å². The summed E-state index contributed by atoms with van der Waals surface area (Å²) in [5.74, 6) is 0.267. The number of nitrogens with zero attached hydrogens (tertiary/aromatic N) is 4. The second-order valence-corrected chi connectivity index (χ2v) is 4.33. The van der Waals surface area contributed by atoms with Gasteiger partial charge in [0, 0.05) is 6.20 Å². The molecule has 0 aliphatic carbocycles. The van der Waals surface area contributed by atoms with Crippen LogP contribution in [0.1, 0.15) is 6.23 Å². The van der Waals surface area contributed by atoms with Crippen molar-refractivity contribution in [2.45, 2.75) is 24.5 Å². The number of hydrogen-bond donors (Lipinski definition) is 4. The number of fused-ring (bicyclic) bond motifs is 1. The van der Waals surface area contributed by atoms with Gasteiger partial charge in [-0.1, -0.05) is 0 Å². The number of rotatable bonds is 2. The summed E-state index contributed by atoms with van der Waals surface area (Å²) in [6.45, 7) is -0.391. The van der Waals surface area contributed by atoms with Gasteiger partial charge in [-0.2, -0.15) is 0 Å². The highest BCUT2D eigenvalue weighted by atomic mass is 16.6. The van der Waals surface area contributed by atoms with Gasteiger partial charge >= 0.3 is 0 Å². The molecule has 0 spiro atoms. The average molecular weight is 267 g/mol. The Kier molecular flexibility index (Phi) is 2.82. The predicted molar refractivity (Wildman–Crippen MR) is 62.7 cm³/mol. The lowest BCUT2D eigenvalue weighted by molar-refractivity contribution is -0.0583. The van der Waals surface area contributed by atoms with E-state index in [4.69, 9.17) is 15.6 Å². The molecule has 2 aromatic heterocycles. The van der Waals surface area contributed by atoms with Gasteiger partial charge in [0.05, 0.1) is 12.0 Å². The van der Waals surface area contributed by atoms with Gasteiger partial charge in [0.1, 0.15) is 30.5 Å². The summed E-state index contributed by atoms with van der Waals surface area (Å²) < 4.78 is 6.67. The Morgan fingerprint density at radius 2 is 2.11 bits per heavy atom. The molecule has 9 heteroatoms. The smallest absolute Gasteiger partial charge is 0.186 e. The topological polar surface area (TPSA) is 140 Å². The quantitative estimate of drug-likeness (QED) is 0.491. The fourth-order valence-corrected chi connectivity index (χ4v) is 2.10. The maximum atomic E-state index is 9.89. The summed E-state index contributed by atoms with van der Waals surface area (Å²) in [5.41, 5.74) is 6.05. The molecular formula is C10H13N5O4. The van der Waals surface area contributed by atoms with Gasteiger partial charge in [-0.3, -0.25) is 0 Å². The molecule has 3 heterocycles. The van der Waals surface area contributed by atoms with Gasteiger partial charge in [0.2, 0.25) is 0 Å². The molecule has 1 aliphatic rings. The minimum absolute atomic E-state index is 0.267. The Hall–Kier alpha value is -1.81. The van der Waals surface area contributed by atoms with Crippen LogP contribution in [0, 0.1) is 0 Å². The monoisotopic (exact) mass is 267 g/mol. The maximum absolute atomic E-state index is 9.89. The Bertz CT molecular complexity index is 603. The molecule has 2 aromatic rings. The van der Waals surface area contributed by atoms with Crippen LogP contribution in [0.4, 0.5) is 5.82 Å². The molecule has 3 rings (SSSR count). The van der Waals surface area contributed by atoms with Gasteiger partial charge in [-0.05, 0) is 0 Å². The van der Waals surface area contributed by atoms with E-state index in [1.807, 2.05) is 0 Å². The minimum atomic E-state index is -1.19. The summed E-state index contributed by atoms with van der Waals surface area (Å²) in [7, 11) is 0. The van der Waals surface area contributed by atoms with E-state index in [-0.39, 0.29) is 5.82 Å².